The van der Waals surface area contributed by atoms with E-state index < -0.39 is 16.9 Å². The average Bonchev–Trinajstić information content (AvgIpc) is 2.52. The van der Waals surface area contributed by atoms with Gasteiger partial charge in [-0.15, -0.1) is 0 Å². The highest BCUT2D eigenvalue weighted by molar-refractivity contribution is 6.04. The summed E-state index contributed by atoms with van der Waals surface area (Å²) in [5, 5.41) is 11.1. The topological polar surface area (TPSA) is 109 Å². The summed E-state index contributed by atoms with van der Waals surface area (Å²) >= 11 is 0. The van der Waals surface area contributed by atoms with Crippen LogP contribution in [-0.2, 0) is 9.47 Å². The summed E-state index contributed by atoms with van der Waals surface area (Å²) in [5.41, 5.74) is -0.0979. The second-order valence-electron chi connectivity index (χ2n) is 4.23. The Morgan fingerprint density at radius 3 is 2.59 bits per heavy atom. The van der Waals surface area contributed by atoms with Crippen molar-refractivity contribution in [2.24, 2.45) is 0 Å². The zero-order chi connectivity index (χ0) is 16.3. The van der Waals surface area contributed by atoms with Crippen molar-refractivity contribution in [3.8, 4) is 0 Å². The minimum Gasteiger partial charge on any atom is -0.465 e. The van der Waals surface area contributed by atoms with Crippen molar-refractivity contribution in [2.45, 2.75) is 6.92 Å². The molecule has 0 saturated carbocycles. The molecule has 1 aromatic heterocycles. The minimum atomic E-state index is -0.774. The van der Waals surface area contributed by atoms with Gasteiger partial charge in [-0.3, -0.25) is 10.1 Å². The van der Waals surface area contributed by atoms with Gasteiger partial charge in [0.15, 0.2) is 5.69 Å². The highest BCUT2D eigenvalue weighted by Gasteiger charge is 2.22. The number of hydrogen-bond acceptors (Lipinski definition) is 7. The molecule has 8 heteroatoms. The summed E-state index contributed by atoms with van der Waals surface area (Å²) in [6.45, 7) is 1.75. The van der Waals surface area contributed by atoms with Crippen molar-refractivity contribution in [2.75, 3.05) is 13.7 Å². The third-order valence-electron chi connectivity index (χ3n) is 2.88. The lowest BCUT2D eigenvalue weighted by Crippen LogP contribution is -2.15. The van der Waals surface area contributed by atoms with Gasteiger partial charge >= 0.3 is 11.9 Å². The highest BCUT2D eigenvalue weighted by atomic mass is 16.6. The Bertz CT molecular complexity index is 771. The molecule has 0 unspecified atom stereocenters. The summed E-state index contributed by atoms with van der Waals surface area (Å²) in [5.74, 6) is -1.54. The quantitative estimate of drug-likeness (QED) is 0.483. The number of aromatic nitrogens is 1. The van der Waals surface area contributed by atoms with Gasteiger partial charge in [-0.2, -0.15) is 0 Å². The first-order valence-electron chi connectivity index (χ1n) is 6.32. The van der Waals surface area contributed by atoms with Gasteiger partial charge in [0.25, 0.3) is 5.69 Å². The highest BCUT2D eigenvalue weighted by Crippen LogP contribution is 2.23. The number of rotatable bonds is 4. The molecule has 0 saturated heterocycles. The van der Waals surface area contributed by atoms with E-state index in [1.807, 2.05) is 0 Å². The SMILES string of the molecule is CCOC(=O)c1nc2ccc([N+](=O)[O-])cc2cc1C(=O)OC. The van der Waals surface area contributed by atoms with Gasteiger partial charge in [0.1, 0.15) is 0 Å². The zero-order valence-corrected chi connectivity index (χ0v) is 11.9. The standard InChI is InChI=1S/C14H12N2O6/c1-3-22-14(18)12-10(13(17)21-2)7-8-6-9(16(19)20)4-5-11(8)15-12/h4-7H,3H2,1-2H3. The van der Waals surface area contributed by atoms with E-state index in [9.17, 15) is 19.7 Å². The second-order valence-corrected chi connectivity index (χ2v) is 4.23. The Morgan fingerprint density at radius 1 is 1.27 bits per heavy atom. The van der Waals surface area contributed by atoms with Gasteiger partial charge in [-0.05, 0) is 19.1 Å². The number of nitrogens with zero attached hydrogens (tertiary/aromatic N) is 2. The van der Waals surface area contributed by atoms with Crippen LogP contribution in [0, 0.1) is 10.1 Å². The fraction of sp³-hybridized carbons (Fsp3) is 0.214. The number of carbonyl (C=O) groups excluding carboxylic acids is 2. The van der Waals surface area contributed by atoms with E-state index in [-0.39, 0.29) is 23.6 Å². The van der Waals surface area contributed by atoms with Crippen molar-refractivity contribution in [3.63, 3.8) is 0 Å². The normalized spacial score (nSPS) is 10.3. The summed E-state index contributed by atoms with van der Waals surface area (Å²) in [4.78, 5) is 38.0. The molecule has 0 aliphatic rings. The molecule has 2 aromatic rings. The lowest BCUT2D eigenvalue weighted by Gasteiger charge is -2.08. The molecule has 1 aromatic carbocycles. The molecule has 1 heterocycles. The second kappa shape index (κ2) is 6.17. The predicted octanol–water partition coefficient (Wildman–Crippen LogP) is 2.11. The maximum atomic E-state index is 11.9. The van der Waals surface area contributed by atoms with Crippen molar-refractivity contribution in [1.82, 2.24) is 4.98 Å². The zero-order valence-electron chi connectivity index (χ0n) is 11.9. The van der Waals surface area contributed by atoms with E-state index >= 15 is 0 Å². The van der Waals surface area contributed by atoms with E-state index in [1.54, 1.807) is 6.92 Å². The van der Waals surface area contributed by atoms with Crippen LogP contribution in [0.5, 0.6) is 0 Å². The maximum Gasteiger partial charge on any atom is 0.357 e. The molecule has 0 bridgehead atoms. The summed E-state index contributed by atoms with van der Waals surface area (Å²) in [6.07, 6.45) is 0. The smallest absolute Gasteiger partial charge is 0.357 e. The molecule has 8 nitrogen and oxygen atoms in total. The van der Waals surface area contributed by atoms with E-state index in [1.165, 1.54) is 24.3 Å². The Balaban J connectivity index is 2.68. The van der Waals surface area contributed by atoms with Crippen LogP contribution in [0.2, 0.25) is 0 Å². The number of esters is 2. The van der Waals surface area contributed by atoms with E-state index in [2.05, 4.69) is 9.72 Å². The molecule has 22 heavy (non-hydrogen) atoms. The molecule has 0 amide bonds. The number of pyridine rings is 1. The van der Waals surface area contributed by atoms with Crippen LogP contribution in [0.1, 0.15) is 27.8 Å². The van der Waals surface area contributed by atoms with Crippen LogP contribution in [-0.4, -0.2) is 35.6 Å². The molecule has 114 valence electrons. The third-order valence-corrected chi connectivity index (χ3v) is 2.88. The molecule has 0 aliphatic heterocycles. The van der Waals surface area contributed by atoms with Crippen LogP contribution in [0.3, 0.4) is 0 Å². The Labute approximate surface area is 124 Å². The summed E-state index contributed by atoms with van der Waals surface area (Å²) in [6, 6.07) is 5.26. The van der Waals surface area contributed by atoms with Crippen LogP contribution in [0.25, 0.3) is 10.9 Å². The van der Waals surface area contributed by atoms with Gasteiger partial charge in [0, 0.05) is 17.5 Å². The Kier molecular flexibility index (Phi) is 4.31. The average molecular weight is 304 g/mol. The largest absolute Gasteiger partial charge is 0.465 e. The van der Waals surface area contributed by atoms with Gasteiger partial charge in [0.2, 0.25) is 0 Å². The number of fused-ring (bicyclic) bond motifs is 1. The molecular weight excluding hydrogens is 292 g/mol. The van der Waals surface area contributed by atoms with Crippen LogP contribution < -0.4 is 0 Å². The molecular formula is C14H12N2O6. The predicted molar refractivity (Wildman–Crippen MR) is 75.7 cm³/mol. The fourth-order valence-corrected chi connectivity index (χ4v) is 1.90. The molecule has 0 spiro atoms. The van der Waals surface area contributed by atoms with Crippen molar-refractivity contribution in [3.05, 3.63) is 45.6 Å². The number of benzene rings is 1. The lowest BCUT2D eigenvalue weighted by molar-refractivity contribution is -0.384. The number of methoxy groups -OCH3 is 1. The Hall–Kier alpha value is -3.03. The van der Waals surface area contributed by atoms with E-state index in [0.717, 1.165) is 7.11 Å². The van der Waals surface area contributed by atoms with Gasteiger partial charge in [-0.1, -0.05) is 0 Å². The van der Waals surface area contributed by atoms with Gasteiger partial charge in [0.05, 0.1) is 29.7 Å². The summed E-state index contributed by atoms with van der Waals surface area (Å²) < 4.78 is 9.47. The Morgan fingerprint density at radius 2 is 2.00 bits per heavy atom. The first-order chi connectivity index (χ1) is 10.5. The number of nitro groups is 1. The number of carbonyl (C=O) groups is 2. The first-order valence-corrected chi connectivity index (χ1v) is 6.32. The van der Waals surface area contributed by atoms with Crippen molar-refractivity contribution < 1.29 is 24.0 Å². The monoisotopic (exact) mass is 304 g/mol. The molecule has 0 N–H and O–H groups in total. The van der Waals surface area contributed by atoms with Crippen molar-refractivity contribution >= 4 is 28.5 Å². The number of hydrogen-bond donors (Lipinski definition) is 0. The molecule has 0 atom stereocenters. The summed E-state index contributed by atoms with van der Waals surface area (Å²) in [7, 11) is 1.16. The van der Waals surface area contributed by atoms with Crippen molar-refractivity contribution in [1.29, 1.82) is 0 Å². The van der Waals surface area contributed by atoms with Crippen LogP contribution >= 0.6 is 0 Å². The van der Waals surface area contributed by atoms with E-state index in [0.29, 0.717) is 10.9 Å². The molecule has 0 fully saturated rings. The van der Waals surface area contributed by atoms with E-state index in [4.69, 9.17) is 4.74 Å². The fourth-order valence-electron chi connectivity index (χ4n) is 1.90. The van der Waals surface area contributed by atoms with Gasteiger partial charge < -0.3 is 9.47 Å². The van der Waals surface area contributed by atoms with Gasteiger partial charge in [-0.25, -0.2) is 14.6 Å². The third kappa shape index (κ3) is 2.85. The maximum absolute atomic E-state index is 11.9. The number of nitro benzene ring substituents is 1. The van der Waals surface area contributed by atoms with Crippen LogP contribution in [0.4, 0.5) is 5.69 Å². The van der Waals surface area contributed by atoms with Crippen LogP contribution in [0.15, 0.2) is 24.3 Å². The number of ether oxygens (including phenoxy) is 2. The molecule has 2 rings (SSSR count). The lowest BCUT2D eigenvalue weighted by atomic mass is 10.1. The number of non-ortho nitro benzene ring substituents is 1. The molecule has 0 radical (unpaired) electrons. The molecule has 0 aliphatic carbocycles. The minimum absolute atomic E-state index is 0.103. The first kappa shape index (κ1) is 15.4.